The summed E-state index contributed by atoms with van der Waals surface area (Å²) in [6.45, 7) is 0. The van der Waals surface area contributed by atoms with E-state index in [-0.39, 0.29) is 17.5 Å². The fourth-order valence-electron chi connectivity index (χ4n) is 3.83. The number of rotatable bonds is 1. The molecule has 0 bridgehead atoms. The predicted molar refractivity (Wildman–Crippen MR) is 92.0 cm³/mol. The highest BCUT2D eigenvalue weighted by Crippen LogP contribution is 2.48. The lowest BCUT2D eigenvalue weighted by Crippen LogP contribution is -2.41. The molecular weight excluding hydrogens is 357 g/mol. The zero-order valence-corrected chi connectivity index (χ0v) is 14.0. The van der Waals surface area contributed by atoms with Crippen molar-refractivity contribution in [2.24, 2.45) is 4.99 Å². The van der Waals surface area contributed by atoms with Gasteiger partial charge in [-0.3, -0.25) is 9.79 Å². The van der Waals surface area contributed by atoms with Gasteiger partial charge in [-0.05, 0) is 54.2 Å². The Morgan fingerprint density at radius 1 is 1.22 bits per heavy atom. The first-order chi connectivity index (χ1) is 11.1. The molecule has 2 aliphatic rings. The Kier molecular flexibility index (Phi) is 3.45. The number of hydrogen-bond acceptors (Lipinski definition) is 2. The molecule has 2 atom stereocenters. The first kappa shape index (κ1) is 14.8. The molecule has 2 nitrogen and oxygen atoms in total. The number of carbonyl (C=O) groups is 1. The second kappa shape index (κ2) is 5.38. The summed E-state index contributed by atoms with van der Waals surface area (Å²) < 4.78 is 14.5. The quantitative estimate of drug-likeness (QED) is 0.687. The summed E-state index contributed by atoms with van der Waals surface area (Å²) in [6, 6.07) is 12.8. The second-order valence-corrected chi connectivity index (χ2v) is 7.23. The van der Waals surface area contributed by atoms with Crippen LogP contribution >= 0.6 is 15.9 Å². The third-order valence-corrected chi connectivity index (χ3v) is 5.41. The van der Waals surface area contributed by atoms with Gasteiger partial charge in [-0.2, -0.15) is 0 Å². The Morgan fingerprint density at radius 3 is 2.87 bits per heavy atom. The van der Waals surface area contributed by atoms with Gasteiger partial charge in [0.05, 0.1) is 11.1 Å². The van der Waals surface area contributed by atoms with Crippen LogP contribution in [-0.4, -0.2) is 12.0 Å². The van der Waals surface area contributed by atoms with Gasteiger partial charge in [0.25, 0.3) is 0 Å². The van der Waals surface area contributed by atoms with Crippen molar-refractivity contribution in [3.63, 3.8) is 0 Å². The molecule has 1 heterocycles. The van der Waals surface area contributed by atoms with Crippen molar-refractivity contribution in [3.05, 3.63) is 63.9 Å². The fraction of sp³-hybridized carbons (Fsp3) is 0.263. The molecule has 2 aromatic carbocycles. The number of ketones is 1. The van der Waals surface area contributed by atoms with E-state index in [1.54, 1.807) is 12.3 Å². The van der Waals surface area contributed by atoms with E-state index in [0.717, 1.165) is 27.7 Å². The number of para-hydroxylation sites is 1. The van der Waals surface area contributed by atoms with Crippen molar-refractivity contribution in [3.8, 4) is 0 Å². The largest absolute Gasteiger partial charge is 0.298 e. The van der Waals surface area contributed by atoms with Crippen molar-refractivity contribution in [2.45, 2.75) is 30.6 Å². The number of aliphatic imine (C=N–C) groups is 1. The maximum atomic E-state index is 13.7. The average molecular weight is 372 g/mol. The van der Waals surface area contributed by atoms with Crippen LogP contribution in [0.25, 0.3) is 0 Å². The van der Waals surface area contributed by atoms with E-state index in [0.29, 0.717) is 12.8 Å². The summed E-state index contributed by atoms with van der Waals surface area (Å²) in [4.78, 5) is 17.2. The van der Waals surface area contributed by atoms with E-state index in [1.807, 2.05) is 30.3 Å². The molecule has 1 saturated carbocycles. The first-order valence-corrected chi connectivity index (χ1v) is 8.52. The molecule has 0 amide bonds. The maximum absolute atomic E-state index is 13.7. The van der Waals surface area contributed by atoms with Crippen molar-refractivity contribution in [2.75, 3.05) is 0 Å². The molecule has 1 aliphatic carbocycles. The summed E-state index contributed by atoms with van der Waals surface area (Å²) in [5.74, 6) is 0.121. The molecule has 1 spiro atoms. The van der Waals surface area contributed by atoms with Crippen LogP contribution in [0.2, 0.25) is 0 Å². The molecule has 0 saturated heterocycles. The number of hydrogen-bond donors (Lipinski definition) is 0. The van der Waals surface area contributed by atoms with Gasteiger partial charge in [0.2, 0.25) is 0 Å². The molecule has 1 fully saturated rings. The van der Waals surface area contributed by atoms with E-state index < -0.39 is 5.41 Å². The maximum Gasteiger partial charge on any atom is 0.148 e. The smallest absolute Gasteiger partial charge is 0.148 e. The second-order valence-electron chi connectivity index (χ2n) is 6.31. The molecule has 2 aromatic rings. The van der Waals surface area contributed by atoms with Crippen LogP contribution in [0.1, 0.15) is 36.3 Å². The highest BCUT2D eigenvalue weighted by Gasteiger charge is 2.47. The Labute approximate surface area is 142 Å². The van der Waals surface area contributed by atoms with E-state index in [9.17, 15) is 9.18 Å². The molecule has 1 aliphatic heterocycles. The van der Waals surface area contributed by atoms with Gasteiger partial charge in [-0.25, -0.2) is 4.39 Å². The molecule has 4 rings (SSSR count). The number of halogens is 2. The minimum Gasteiger partial charge on any atom is -0.298 e. The van der Waals surface area contributed by atoms with Crippen LogP contribution in [0.3, 0.4) is 0 Å². The Bertz CT molecular complexity index is 812. The Balaban J connectivity index is 1.75. The van der Waals surface area contributed by atoms with Gasteiger partial charge in [0.15, 0.2) is 0 Å². The van der Waals surface area contributed by atoms with Crippen molar-refractivity contribution in [1.82, 2.24) is 0 Å². The average Bonchev–Trinajstić information content (AvgIpc) is 2.89. The molecule has 23 heavy (non-hydrogen) atoms. The van der Waals surface area contributed by atoms with Crippen molar-refractivity contribution >= 4 is 33.6 Å². The lowest BCUT2D eigenvalue weighted by Gasteiger charge is -2.35. The van der Waals surface area contributed by atoms with E-state index >= 15 is 0 Å². The molecule has 4 heteroatoms. The lowest BCUT2D eigenvalue weighted by atomic mass is 9.65. The van der Waals surface area contributed by atoms with Gasteiger partial charge < -0.3 is 0 Å². The van der Waals surface area contributed by atoms with Gasteiger partial charge >= 0.3 is 0 Å². The molecule has 0 radical (unpaired) electrons. The molecule has 0 aromatic heterocycles. The Morgan fingerprint density at radius 2 is 2.04 bits per heavy atom. The van der Waals surface area contributed by atoms with Crippen molar-refractivity contribution in [1.29, 1.82) is 0 Å². The van der Waals surface area contributed by atoms with Crippen LogP contribution in [0.4, 0.5) is 10.1 Å². The number of Topliss-reactive ketones (excluding diaryl/α,β-unsaturated/α-hetero) is 1. The summed E-state index contributed by atoms with van der Waals surface area (Å²) >= 11 is 3.36. The first-order valence-electron chi connectivity index (χ1n) is 7.72. The number of nitrogens with zero attached hydrogens (tertiary/aromatic N) is 1. The van der Waals surface area contributed by atoms with E-state index in [1.165, 1.54) is 6.07 Å². The SMILES string of the molecule is O=C1CCC(c2cc(F)cc(Br)c2)CC12C=Nc1ccccc12. The molecular formula is C19H15BrFNO. The minimum absolute atomic E-state index is 0.150. The lowest BCUT2D eigenvalue weighted by molar-refractivity contribution is -0.124. The van der Waals surface area contributed by atoms with Gasteiger partial charge in [0.1, 0.15) is 11.6 Å². The van der Waals surface area contributed by atoms with Crippen LogP contribution in [0.5, 0.6) is 0 Å². The van der Waals surface area contributed by atoms with E-state index in [4.69, 9.17) is 0 Å². The van der Waals surface area contributed by atoms with Crippen LogP contribution < -0.4 is 0 Å². The van der Waals surface area contributed by atoms with Crippen LogP contribution in [-0.2, 0) is 10.2 Å². The highest BCUT2D eigenvalue weighted by molar-refractivity contribution is 9.10. The zero-order chi connectivity index (χ0) is 16.0. The normalized spacial score (nSPS) is 25.8. The predicted octanol–water partition coefficient (Wildman–Crippen LogP) is 5.08. The number of carbonyl (C=O) groups excluding carboxylic acids is 1. The molecule has 0 N–H and O–H groups in total. The molecule has 2 unspecified atom stereocenters. The summed E-state index contributed by atoms with van der Waals surface area (Å²) in [5, 5.41) is 0. The number of fused-ring (bicyclic) bond motifs is 2. The van der Waals surface area contributed by atoms with Gasteiger partial charge in [-0.15, -0.1) is 0 Å². The van der Waals surface area contributed by atoms with E-state index in [2.05, 4.69) is 20.9 Å². The zero-order valence-electron chi connectivity index (χ0n) is 12.4. The Hall–Kier alpha value is -1.81. The summed E-state index contributed by atoms with van der Waals surface area (Å²) in [7, 11) is 0. The standard InChI is InChI=1S/C19H15BrFNO/c20-14-7-13(8-15(21)9-14)12-5-6-18(23)19(10-12)11-22-17-4-2-1-3-16(17)19/h1-4,7-9,11-12H,5-6,10H2. The van der Waals surface area contributed by atoms with Crippen molar-refractivity contribution < 1.29 is 9.18 Å². The number of benzene rings is 2. The third-order valence-electron chi connectivity index (χ3n) is 4.95. The molecule has 116 valence electrons. The van der Waals surface area contributed by atoms with Crippen LogP contribution in [0, 0.1) is 5.82 Å². The van der Waals surface area contributed by atoms with Crippen LogP contribution in [0.15, 0.2) is 51.9 Å². The van der Waals surface area contributed by atoms with Gasteiger partial charge in [0, 0.05) is 17.1 Å². The van der Waals surface area contributed by atoms with Gasteiger partial charge in [-0.1, -0.05) is 34.1 Å². The minimum atomic E-state index is -0.641. The monoisotopic (exact) mass is 371 g/mol. The summed E-state index contributed by atoms with van der Waals surface area (Å²) in [5.41, 5.74) is 2.17. The topological polar surface area (TPSA) is 29.4 Å². The highest BCUT2D eigenvalue weighted by atomic mass is 79.9. The fourth-order valence-corrected chi connectivity index (χ4v) is 4.31. The summed E-state index contributed by atoms with van der Waals surface area (Å²) in [6.07, 6.45) is 3.72. The third kappa shape index (κ3) is 2.36.